The van der Waals surface area contributed by atoms with Crippen molar-refractivity contribution in [1.29, 1.82) is 0 Å². The molecule has 9 heteroatoms. The first-order valence-electron chi connectivity index (χ1n) is 8.98. The van der Waals surface area contributed by atoms with Gasteiger partial charge in [-0.3, -0.25) is 14.8 Å². The number of rotatable bonds is 9. The van der Waals surface area contributed by atoms with E-state index in [0.29, 0.717) is 17.9 Å². The molecule has 0 heterocycles. The summed E-state index contributed by atoms with van der Waals surface area (Å²) < 4.78 is 0. The summed E-state index contributed by atoms with van der Waals surface area (Å²) in [5, 5.41) is 13.1. The molecule has 2 aromatic rings. The fourth-order valence-corrected chi connectivity index (χ4v) is 2.68. The number of nitrogens with zero attached hydrogens (tertiary/aromatic N) is 1. The fourth-order valence-electron chi connectivity index (χ4n) is 2.68. The zero-order valence-electron chi connectivity index (χ0n) is 15.9. The lowest BCUT2D eigenvalue weighted by molar-refractivity contribution is -0.138. The quantitative estimate of drug-likeness (QED) is 0.154. The molecule has 0 saturated carbocycles. The Kier molecular flexibility index (Phi) is 8.16. The number of carbonyl (C=O) groups is 2. The minimum atomic E-state index is -1.08. The lowest BCUT2D eigenvalue weighted by Crippen LogP contribution is -2.38. The molecule has 0 radical (unpaired) electrons. The third-order valence-electron chi connectivity index (χ3n) is 4.18. The van der Waals surface area contributed by atoms with Crippen molar-refractivity contribution in [2.45, 2.75) is 13.0 Å². The Morgan fingerprint density at radius 2 is 1.69 bits per heavy atom. The lowest BCUT2D eigenvalue weighted by atomic mass is 9.97. The van der Waals surface area contributed by atoms with Gasteiger partial charge < -0.3 is 21.8 Å². The summed E-state index contributed by atoms with van der Waals surface area (Å²) in [6, 6.07) is 16.1. The summed E-state index contributed by atoms with van der Waals surface area (Å²) in [5.74, 6) is 3.48. The van der Waals surface area contributed by atoms with Gasteiger partial charge in [0, 0.05) is 24.1 Å². The maximum Gasteiger partial charge on any atom is 0.256 e. The topological polar surface area (TPSA) is 160 Å². The van der Waals surface area contributed by atoms with Gasteiger partial charge in [0.1, 0.15) is 5.92 Å². The number of amides is 2. The van der Waals surface area contributed by atoms with Crippen molar-refractivity contribution < 1.29 is 14.8 Å². The van der Waals surface area contributed by atoms with Crippen LogP contribution in [0.2, 0.25) is 0 Å². The summed E-state index contributed by atoms with van der Waals surface area (Å²) >= 11 is 0. The molecule has 0 aliphatic carbocycles. The SMILES string of the molecule is NC/C(N)=C/N(N)Cc1ccc(NC(=O)C(Cc2ccccc2)C(=O)NO)cc1. The molecule has 29 heavy (non-hydrogen) atoms. The van der Waals surface area contributed by atoms with Crippen molar-refractivity contribution >= 4 is 17.5 Å². The number of hydroxylamine groups is 1. The zero-order valence-corrected chi connectivity index (χ0v) is 15.9. The van der Waals surface area contributed by atoms with Crippen molar-refractivity contribution in [3.8, 4) is 0 Å². The number of carbonyl (C=O) groups excluding carboxylic acids is 2. The first-order chi connectivity index (χ1) is 13.9. The van der Waals surface area contributed by atoms with Crippen LogP contribution in [0.5, 0.6) is 0 Å². The van der Waals surface area contributed by atoms with Crippen LogP contribution >= 0.6 is 0 Å². The molecule has 2 aromatic carbocycles. The Labute approximate surface area is 169 Å². The molecule has 154 valence electrons. The van der Waals surface area contributed by atoms with Crippen LogP contribution in [0, 0.1) is 5.92 Å². The van der Waals surface area contributed by atoms with E-state index in [9.17, 15) is 9.59 Å². The van der Waals surface area contributed by atoms with Gasteiger partial charge in [-0.05, 0) is 29.7 Å². The molecule has 1 unspecified atom stereocenters. The summed E-state index contributed by atoms with van der Waals surface area (Å²) in [4.78, 5) is 24.6. The molecule has 1 atom stereocenters. The van der Waals surface area contributed by atoms with E-state index in [1.54, 1.807) is 35.9 Å². The summed E-state index contributed by atoms with van der Waals surface area (Å²) in [7, 11) is 0. The molecular weight excluding hydrogens is 372 g/mol. The monoisotopic (exact) mass is 398 g/mol. The van der Waals surface area contributed by atoms with Gasteiger partial charge >= 0.3 is 0 Å². The molecule has 2 amide bonds. The maximum absolute atomic E-state index is 12.6. The van der Waals surface area contributed by atoms with E-state index in [0.717, 1.165) is 11.1 Å². The van der Waals surface area contributed by atoms with E-state index < -0.39 is 17.7 Å². The van der Waals surface area contributed by atoms with E-state index in [1.807, 2.05) is 30.3 Å². The van der Waals surface area contributed by atoms with E-state index >= 15 is 0 Å². The second-order valence-electron chi connectivity index (χ2n) is 6.49. The van der Waals surface area contributed by atoms with E-state index in [2.05, 4.69) is 5.32 Å². The number of hydrogen-bond acceptors (Lipinski definition) is 7. The van der Waals surface area contributed by atoms with Crippen molar-refractivity contribution in [1.82, 2.24) is 10.5 Å². The third kappa shape index (κ3) is 6.92. The minimum absolute atomic E-state index is 0.161. The average Bonchev–Trinajstić information content (AvgIpc) is 2.73. The third-order valence-corrected chi connectivity index (χ3v) is 4.18. The predicted molar refractivity (Wildman–Crippen MR) is 110 cm³/mol. The lowest BCUT2D eigenvalue weighted by Gasteiger charge is -2.17. The Bertz CT molecular complexity index is 839. The van der Waals surface area contributed by atoms with Crippen molar-refractivity contribution in [2.75, 3.05) is 11.9 Å². The average molecular weight is 398 g/mol. The Balaban J connectivity index is 2.02. The molecule has 0 aliphatic heterocycles. The van der Waals surface area contributed by atoms with Gasteiger partial charge in [-0.25, -0.2) is 11.3 Å². The highest BCUT2D eigenvalue weighted by Gasteiger charge is 2.26. The fraction of sp³-hybridized carbons (Fsp3) is 0.200. The van der Waals surface area contributed by atoms with Gasteiger partial charge in [0.25, 0.3) is 5.91 Å². The van der Waals surface area contributed by atoms with Crippen molar-refractivity contribution in [3.63, 3.8) is 0 Å². The van der Waals surface area contributed by atoms with Crippen LogP contribution in [-0.4, -0.2) is 28.6 Å². The van der Waals surface area contributed by atoms with E-state index in [4.69, 9.17) is 22.5 Å². The number of nitrogens with one attached hydrogen (secondary N) is 2. The number of hydrazine groups is 1. The van der Waals surface area contributed by atoms with Gasteiger partial charge in [0.15, 0.2) is 0 Å². The highest BCUT2D eigenvalue weighted by atomic mass is 16.5. The van der Waals surface area contributed by atoms with E-state index in [-0.39, 0.29) is 13.0 Å². The van der Waals surface area contributed by atoms with Crippen LogP contribution in [0.25, 0.3) is 0 Å². The van der Waals surface area contributed by atoms with Gasteiger partial charge in [-0.1, -0.05) is 42.5 Å². The van der Waals surface area contributed by atoms with Crippen LogP contribution in [0.1, 0.15) is 11.1 Å². The predicted octanol–water partition coefficient (Wildman–Crippen LogP) is 0.424. The molecule has 9 nitrogen and oxygen atoms in total. The van der Waals surface area contributed by atoms with Crippen molar-refractivity contribution in [2.24, 2.45) is 23.2 Å². The van der Waals surface area contributed by atoms with Crippen molar-refractivity contribution in [3.05, 3.63) is 77.6 Å². The highest BCUT2D eigenvalue weighted by molar-refractivity contribution is 6.06. The summed E-state index contributed by atoms with van der Waals surface area (Å²) in [6.45, 7) is 0.614. The molecule has 9 N–H and O–H groups in total. The van der Waals surface area contributed by atoms with Gasteiger partial charge in [-0.15, -0.1) is 0 Å². The molecule has 0 aliphatic rings. The molecule has 0 fully saturated rings. The zero-order chi connectivity index (χ0) is 21.2. The smallest absolute Gasteiger partial charge is 0.256 e. The van der Waals surface area contributed by atoms with Crippen LogP contribution in [-0.2, 0) is 22.6 Å². The maximum atomic E-state index is 12.6. The molecule has 0 saturated heterocycles. The van der Waals surface area contributed by atoms with Gasteiger partial charge in [-0.2, -0.15) is 0 Å². The largest absolute Gasteiger partial charge is 0.400 e. The Morgan fingerprint density at radius 1 is 1.03 bits per heavy atom. The Morgan fingerprint density at radius 3 is 2.28 bits per heavy atom. The minimum Gasteiger partial charge on any atom is -0.400 e. The molecule has 2 rings (SSSR count). The van der Waals surface area contributed by atoms with Crippen LogP contribution in [0.15, 0.2) is 66.5 Å². The summed E-state index contributed by atoms with van der Waals surface area (Å²) in [5.41, 5.74) is 15.3. The number of benzene rings is 2. The highest BCUT2D eigenvalue weighted by Crippen LogP contribution is 2.15. The molecule has 0 bridgehead atoms. The standard InChI is InChI=1S/C20H26N6O3/c21-11-16(22)13-26(23)12-15-6-8-17(9-7-15)24-19(27)18(20(28)25-29)10-14-4-2-1-3-5-14/h1-9,13,18,29H,10-12,21-23H2,(H,24,27)(H,25,28)/b16-13-. The van der Waals surface area contributed by atoms with Crippen LogP contribution < -0.4 is 28.1 Å². The first-order valence-corrected chi connectivity index (χ1v) is 8.98. The van der Waals surface area contributed by atoms with Gasteiger partial charge in [0.05, 0.1) is 6.54 Å². The van der Waals surface area contributed by atoms with Gasteiger partial charge in [0.2, 0.25) is 5.91 Å². The summed E-state index contributed by atoms with van der Waals surface area (Å²) in [6.07, 6.45) is 1.71. The van der Waals surface area contributed by atoms with Crippen LogP contribution in [0.3, 0.4) is 0 Å². The number of anilines is 1. The van der Waals surface area contributed by atoms with E-state index in [1.165, 1.54) is 5.01 Å². The van der Waals surface area contributed by atoms with Crippen LogP contribution in [0.4, 0.5) is 5.69 Å². The molecule has 0 spiro atoms. The number of nitrogens with two attached hydrogens (primary N) is 3. The second kappa shape index (κ2) is 10.8. The Hall–Kier alpha value is -3.40. The molecule has 0 aromatic heterocycles. The number of hydrogen-bond donors (Lipinski definition) is 6. The second-order valence-corrected chi connectivity index (χ2v) is 6.49. The normalized spacial score (nSPS) is 12.2. The first kappa shape index (κ1) is 21.9. The molecular formula is C20H26N6O3.